The molecule has 0 radical (unpaired) electrons. The Balaban J connectivity index is 2.58. The van der Waals surface area contributed by atoms with Crippen LogP contribution in [0.2, 0.25) is 0 Å². The molecule has 0 bridgehead atoms. The van der Waals surface area contributed by atoms with Crippen LogP contribution >= 0.6 is 11.9 Å². The van der Waals surface area contributed by atoms with Gasteiger partial charge in [-0.05, 0) is 75.9 Å². The zero-order valence-corrected chi connectivity index (χ0v) is 15.4. The van der Waals surface area contributed by atoms with Crippen LogP contribution in [0, 0.1) is 0 Å². The Morgan fingerprint density at radius 1 is 1.00 bits per heavy atom. The Labute approximate surface area is 152 Å². The average Bonchev–Trinajstić information content (AvgIpc) is 2.98. The van der Waals surface area contributed by atoms with Crippen molar-refractivity contribution < 1.29 is 26.3 Å². The van der Waals surface area contributed by atoms with Gasteiger partial charge in [-0.25, -0.2) is 4.40 Å². The molecule has 1 heterocycles. The van der Waals surface area contributed by atoms with Gasteiger partial charge in [0.15, 0.2) is 0 Å². The molecule has 0 aliphatic carbocycles. The molecular formula is C17H20F6N2S. The number of rotatable bonds is 3. The Hall–Kier alpha value is -1.22. The summed E-state index contributed by atoms with van der Waals surface area (Å²) in [6.45, 7) is 6.26. The molecule has 0 spiro atoms. The lowest BCUT2D eigenvalue weighted by molar-refractivity contribution is -0.143. The van der Waals surface area contributed by atoms with E-state index in [4.69, 9.17) is 0 Å². The number of alkyl halides is 6. The molecule has 1 fully saturated rings. The van der Waals surface area contributed by atoms with Crippen LogP contribution in [0.5, 0.6) is 0 Å². The Bertz CT molecular complexity index is 635. The molecule has 0 saturated carbocycles. The minimum Gasteiger partial charge on any atom is -0.309 e. The zero-order chi connectivity index (χ0) is 19.8. The van der Waals surface area contributed by atoms with Crippen LogP contribution in [-0.2, 0) is 12.4 Å². The van der Waals surface area contributed by atoms with Crippen LogP contribution in [-0.4, -0.2) is 23.0 Å². The molecule has 0 amide bonds. The molecule has 9 heteroatoms. The summed E-state index contributed by atoms with van der Waals surface area (Å²) in [6.07, 6.45) is -8.35. The largest absolute Gasteiger partial charge is 0.416 e. The second kappa shape index (κ2) is 7.42. The fourth-order valence-electron chi connectivity index (χ4n) is 2.52. The molecule has 1 aromatic carbocycles. The smallest absolute Gasteiger partial charge is 0.309 e. The van der Waals surface area contributed by atoms with Gasteiger partial charge in [0.1, 0.15) is 0 Å². The van der Waals surface area contributed by atoms with Crippen molar-refractivity contribution in [3.8, 4) is 0 Å². The van der Waals surface area contributed by atoms with Crippen molar-refractivity contribution in [2.45, 2.75) is 56.8 Å². The molecule has 1 saturated heterocycles. The number of hydrogen-bond acceptors (Lipinski definition) is 3. The van der Waals surface area contributed by atoms with Gasteiger partial charge in [0, 0.05) is 4.75 Å². The third kappa shape index (κ3) is 5.64. The molecule has 1 aromatic rings. The first-order chi connectivity index (χ1) is 11.8. The summed E-state index contributed by atoms with van der Waals surface area (Å²) in [6, 6.07) is 1.27. The van der Waals surface area contributed by atoms with Gasteiger partial charge in [0.05, 0.1) is 22.9 Å². The Kier molecular flexibility index (Phi) is 6.02. The number of nitrogens with zero attached hydrogens (tertiary/aromatic N) is 1. The predicted molar refractivity (Wildman–Crippen MR) is 91.4 cm³/mol. The summed E-state index contributed by atoms with van der Waals surface area (Å²) in [5.74, 6) is 0. The van der Waals surface area contributed by atoms with Gasteiger partial charge >= 0.3 is 12.4 Å². The molecule has 2 rings (SSSR count). The first kappa shape index (κ1) is 21.1. The summed E-state index contributed by atoms with van der Waals surface area (Å²) in [5.41, 5.74) is -2.58. The fourth-order valence-corrected chi connectivity index (χ4v) is 3.13. The second-order valence-electron chi connectivity index (χ2n) is 7.12. The monoisotopic (exact) mass is 398 g/mol. The van der Waals surface area contributed by atoms with Crippen molar-refractivity contribution in [3.05, 3.63) is 34.9 Å². The van der Waals surface area contributed by atoms with Crippen LogP contribution in [0.15, 0.2) is 22.6 Å². The number of benzene rings is 1. The lowest BCUT2D eigenvalue weighted by Gasteiger charge is -2.20. The van der Waals surface area contributed by atoms with Crippen LogP contribution in [0.25, 0.3) is 0 Å². The Morgan fingerprint density at radius 2 is 1.54 bits per heavy atom. The maximum absolute atomic E-state index is 13.1. The summed E-state index contributed by atoms with van der Waals surface area (Å²) >= 11 is 1.14. The third-order valence-corrected chi connectivity index (χ3v) is 4.53. The van der Waals surface area contributed by atoms with Crippen molar-refractivity contribution in [2.24, 2.45) is 4.40 Å². The maximum Gasteiger partial charge on any atom is 0.416 e. The lowest BCUT2D eigenvalue weighted by Crippen LogP contribution is -2.32. The van der Waals surface area contributed by atoms with Crippen molar-refractivity contribution in [3.63, 3.8) is 0 Å². The third-order valence-electron chi connectivity index (χ3n) is 3.69. The second-order valence-corrected chi connectivity index (χ2v) is 8.71. The topological polar surface area (TPSA) is 24.4 Å². The van der Waals surface area contributed by atoms with Crippen LogP contribution in [0.1, 0.15) is 50.3 Å². The van der Waals surface area contributed by atoms with Gasteiger partial charge < -0.3 is 5.32 Å². The van der Waals surface area contributed by atoms with Gasteiger partial charge in [0.2, 0.25) is 0 Å². The van der Waals surface area contributed by atoms with E-state index >= 15 is 0 Å². The summed E-state index contributed by atoms with van der Waals surface area (Å²) in [4.78, 5) is 0. The van der Waals surface area contributed by atoms with Gasteiger partial charge in [-0.1, -0.05) is 0 Å². The molecular weight excluding hydrogens is 378 g/mol. The molecule has 1 unspecified atom stereocenters. The van der Waals surface area contributed by atoms with Gasteiger partial charge in [-0.3, -0.25) is 0 Å². The van der Waals surface area contributed by atoms with Crippen molar-refractivity contribution >= 4 is 17.7 Å². The van der Waals surface area contributed by atoms with E-state index in [1.54, 1.807) is 0 Å². The number of hydrogen-bond donors (Lipinski definition) is 1. The Morgan fingerprint density at radius 3 is 1.92 bits per heavy atom. The zero-order valence-electron chi connectivity index (χ0n) is 14.6. The molecule has 0 aromatic heterocycles. The fraction of sp³-hybridized carbons (Fsp3) is 0.588. The van der Waals surface area contributed by atoms with E-state index in [-0.39, 0.29) is 28.1 Å². The number of nitrogens with one attached hydrogen (secondary N) is 1. The van der Waals surface area contributed by atoms with E-state index in [0.29, 0.717) is 13.0 Å². The number of halogens is 6. The summed E-state index contributed by atoms with van der Waals surface area (Å²) < 4.78 is 82.8. The van der Waals surface area contributed by atoms with E-state index in [0.717, 1.165) is 30.5 Å². The van der Waals surface area contributed by atoms with Crippen LogP contribution < -0.4 is 5.32 Å². The standard InChI is InChI=1S/C17H20F6N2S/c1-15(2,3)26-25-14(13-5-4-6-24-13)10-7-11(16(18,19)20)9-12(8-10)17(21,22)23/h7-9,13,24H,4-6H2,1-3H3/b25-14+. The highest BCUT2D eigenvalue weighted by molar-refractivity contribution is 7.99. The molecule has 1 atom stereocenters. The maximum atomic E-state index is 13.1. The minimum atomic E-state index is -4.87. The summed E-state index contributed by atoms with van der Waals surface area (Å²) in [7, 11) is 0. The first-order valence-corrected chi connectivity index (χ1v) is 8.84. The minimum absolute atomic E-state index is 0.139. The van der Waals surface area contributed by atoms with E-state index in [1.807, 2.05) is 20.8 Å². The summed E-state index contributed by atoms with van der Waals surface area (Å²) in [5, 5.41) is 3.10. The van der Waals surface area contributed by atoms with Crippen molar-refractivity contribution in [1.82, 2.24) is 5.32 Å². The molecule has 1 N–H and O–H groups in total. The molecule has 2 nitrogen and oxygen atoms in total. The van der Waals surface area contributed by atoms with E-state index in [2.05, 4.69) is 9.71 Å². The molecule has 146 valence electrons. The molecule has 1 aliphatic rings. The molecule has 26 heavy (non-hydrogen) atoms. The van der Waals surface area contributed by atoms with Crippen molar-refractivity contribution in [1.29, 1.82) is 0 Å². The highest BCUT2D eigenvalue weighted by Crippen LogP contribution is 2.37. The van der Waals surface area contributed by atoms with Crippen LogP contribution in [0.4, 0.5) is 26.3 Å². The van der Waals surface area contributed by atoms with Gasteiger partial charge in [-0.15, -0.1) is 0 Å². The highest BCUT2D eigenvalue weighted by atomic mass is 32.2. The highest BCUT2D eigenvalue weighted by Gasteiger charge is 2.38. The van der Waals surface area contributed by atoms with Crippen LogP contribution in [0.3, 0.4) is 0 Å². The molecule has 1 aliphatic heterocycles. The normalized spacial score (nSPS) is 19.9. The van der Waals surface area contributed by atoms with E-state index in [9.17, 15) is 26.3 Å². The van der Waals surface area contributed by atoms with Crippen molar-refractivity contribution in [2.75, 3.05) is 6.54 Å². The van der Waals surface area contributed by atoms with E-state index in [1.165, 1.54) is 0 Å². The average molecular weight is 398 g/mol. The van der Waals surface area contributed by atoms with Gasteiger partial charge in [-0.2, -0.15) is 26.3 Å². The van der Waals surface area contributed by atoms with E-state index < -0.39 is 23.5 Å². The lowest BCUT2D eigenvalue weighted by atomic mass is 9.97. The quantitative estimate of drug-likeness (QED) is 0.401. The van der Waals surface area contributed by atoms with Gasteiger partial charge in [0.25, 0.3) is 0 Å². The SMILES string of the molecule is CC(C)(C)S/N=C(\c1cc(C(F)(F)F)cc(C(F)(F)F)c1)C1CCCN1. The predicted octanol–water partition coefficient (Wildman–Crippen LogP) is 5.71. The first-order valence-electron chi connectivity index (χ1n) is 8.07.